The van der Waals surface area contributed by atoms with E-state index in [1.165, 1.54) is 35.5 Å². The van der Waals surface area contributed by atoms with E-state index in [0.29, 0.717) is 29.5 Å². The van der Waals surface area contributed by atoms with Crippen LogP contribution in [0.1, 0.15) is 18.4 Å². The number of carbonyl (C=O) groups is 2. The lowest BCUT2D eigenvalue weighted by molar-refractivity contribution is -0.117. The van der Waals surface area contributed by atoms with Crippen molar-refractivity contribution in [2.24, 2.45) is 0 Å². The van der Waals surface area contributed by atoms with Crippen LogP contribution < -0.4 is 15.4 Å². The number of hydrogen-bond donors (Lipinski definition) is 2. The summed E-state index contributed by atoms with van der Waals surface area (Å²) in [4.78, 5) is 27.9. The van der Waals surface area contributed by atoms with Crippen LogP contribution in [0, 0.1) is 12.7 Å². The Kier molecular flexibility index (Phi) is 7.55. The number of benzene rings is 2. The highest BCUT2D eigenvalue weighted by atomic mass is 35.5. The van der Waals surface area contributed by atoms with E-state index in [1.807, 2.05) is 13.0 Å². The Morgan fingerprint density at radius 1 is 1.16 bits per heavy atom. The predicted molar refractivity (Wildman–Crippen MR) is 115 cm³/mol. The molecule has 0 aliphatic heterocycles. The Morgan fingerprint density at radius 3 is 2.74 bits per heavy atom. The molecule has 2 aromatic carbocycles. The van der Waals surface area contributed by atoms with Gasteiger partial charge < -0.3 is 15.4 Å². The van der Waals surface area contributed by atoms with E-state index in [4.69, 9.17) is 16.3 Å². The van der Waals surface area contributed by atoms with Crippen LogP contribution in [0.15, 0.2) is 49.1 Å². The first-order valence-electron chi connectivity index (χ1n) is 9.51. The highest BCUT2D eigenvalue weighted by Gasteiger charge is 2.11. The van der Waals surface area contributed by atoms with Gasteiger partial charge in [-0.25, -0.2) is 14.1 Å². The molecule has 8 nitrogen and oxygen atoms in total. The van der Waals surface area contributed by atoms with E-state index < -0.39 is 11.7 Å². The first kappa shape index (κ1) is 22.2. The van der Waals surface area contributed by atoms with Crippen LogP contribution >= 0.6 is 11.6 Å². The third kappa shape index (κ3) is 6.78. The van der Waals surface area contributed by atoms with E-state index >= 15 is 0 Å². The number of carbonyl (C=O) groups excluding carboxylic acids is 2. The van der Waals surface area contributed by atoms with E-state index in [0.717, 1.165) is 5.56 Å². The zero-order valence-electron chi connectivity index (χ0n) is 16.8. The Morgan fingerprint density at radius 2 is 2.00 bits per heavy atom. The first-order chi connectivity index (χ1) is 14.9. The number of anilines is 2. The molecule has 0 spiro atoms. The Labute approximate surface area is 183 Å². The van der Waals surface area contributed by atoms with Gasteiger partial charge in [0.2, 0.25) is 11.8 Å². The SMILES string of the molecule is Cc1cc(OCCCC(=O)Nc2ccc(F)c(NC(=O)Cn3cncn3)c2)ccc1Cl. The van der Waals surface area contributed by atoms with Gasteiger partial charge in [0.15, 0.2) is 0 Å². The van der Waals surface area contributed by atoms with Gasteiger partial charge in [-0.05, 0) is 55.3 Å². The molecule has 1 heterocycles. The molecular weight excluding hydrogens is 425 g/mol. The number of amides is 2. The fraction of sp³-hybridized carbons (Fsp3) is 0.238. The zero-order valence-corrected chi connectivity index (χ0v) is 17.5. The molecule has 3 aromatic rings. The van der Waals surface area contributed by atoms with E-state index in [9.17, 15) is 14.0 Å². The summed E-state index contributed by atoms with van der Waals surface area (Å²) in [5.74, 6) is -0.645. The van der Waals surface area contributed by atoms with Gasteiger partial charge in [-0.3, -0.25) is 9.59 Å². The second kappa shape index (κ2) is 10.5. The lowest BCUT2D eigenvalue weighted by Crippen LogP contribution is -2.20. The molecule has 1 aromatic heterocycles. The van der Waals surface area contributed by atoms with E-state index in [2.05, 4.69) is 20.7 Å². The molecule has 2 N–H and O–H groups in total. The Balaban J connectivity index is 1.46. The minimum atomic E-state index is -0.614. The van der Waals surface area contributed by atoms with Crippen molar-refractivity contribution in [1.29, 1.82) is 0 Å². The van der Waals surface area contributed by atoms with Crippen LogP contribution in [0.5, 0.6) is 5.75 Å². The molecule has 0 atom stereocenters. The molecule has 0 radical (unpaired) electrons. The molecular formula is C21H21ClFN5O3. The minimum absolute atomic E-state index is 0.0376. The summed E-state index contributed by atoms with van der Waals surface area (Å²) in [5.41, 5.74) is 1.25. The Hall–Kier alpha value is -3.46. The predicted octanol–water partition coefficient (Wildman–Crippen LogP) is 3.82. The van der Waals surface area contributed by atoms with Crippen LogP contribution in [-0.4, -0.2) is 33.2 Å². The number of aryl methyl sites for hydroxylation is 1. The topological polar surface area (TPSA) is 98.1 Å². The van der Waals surface area contributed by atoms with Crippen molar-refractivity contribution in [3.05, 3.63) is 65.5 Å². The van der Waals surface area contributed by atoms with Crippen molar-refractivity contribution >= 4 is 34.8 Å². The van der Waals surface area contributed by atoms with Crippen LogP contribution in [0.3, 0.4) is 0 Å². The summed E-state index contributed by atoms with van der Waals surface area (Å²) in [5, 5.41) is 9.63. The highest BCUT2D eigenvalue weighted by Crippen LogP contribution is 2.22. The van der Waals surface area contributed by atoms with Crippen molar-refractivity contribution in [2.45, 2.75) is 26.3 Å². The van der Waals surface area contributed by atoms with E-state index in [-0.39, 0.29) is 24.6 Å². The fourth-order valence-corrected chi connectivity index (χ4v) is 2.82. The average Bonchev–Trinajstić information content (AvgIpc) is 3.23. The smallest absolute Gasteiger partial charge is 0.246 e. The lowest BCUT2D eigenvalue weighted by Gasteiger charge is -2.11. The van der Waals surface area contributed by atoms with Crippen molar-refractivity contribution in [3.63, 3.8) is 0 Å². The van der Waals surface area contributed by atoms with Gasteiger partial charge in [-0.15, -0.1) is 0 Å². The molecule has 10 heteroatoms. The number of aromatic nitrogens is 3. The quantitative estimate of drug-likeness (QED) is 0.488. The maximum absolute atomic E-state index is 14.0. The molecule has 31 heavy (non-hydrogen) atoms. The number of nitrogens with zero attached hydrogens (tertiary/aromatic N) is 3. The van der Waals surface area contributed by atoms with Gasteiger partial charge in [0, 0.05) is 17.1 Å². The van der Waals surface area contributed by atoms with Crippen LogP contribution in [0.4, 0.5) is 15.8 Å². The zero-order chi connectivity index (χ0) is 22.2. The summed E-state index contributed by atoms with van der Waals surface area (Å²) in [7, 11) is 0. The molecule has 0 bridgehead atoms. The highest BCUT2D eigenvalue weighted by molar-refractivity contribution is 6.31. The van der Waals surface area contributed by atoms with Gasteiger partial charge >= 0.3 is 0 Å². The lowest BCUT2D eigenvalue weighted by atomic mass is 10.2. The van der Waals surface area contributed by atoms with Gasteiger partial charge in [-0.2, -0.15) is 5.10 Å². The normalized spacial score (nSPS) is 10.5. The number of ether oxygens (including phenoxy) is 1. The third-order valence-corrected chi connectivity index (χ3v) is 4.67. The maximum Gasteiger partial charge on any atom is 0.246 e. The number of nitrogens with one attached hydrogen (secondary N) is 2. The standard InChI is InChI=1S/C21H21ClFN5O3/c1-14-9-16(5-6-17(14)22)31-8-2-3-20(29)26-15-4-7-18(23)19(10-15)27-21(30)11-28-13-24-12-25-28/h4-7,9-10,12-13H,2-3,8,11H2,1H3,(H,26,29)(H,27,30). The number of rotatable bonds is 9. The monoisotopic (exact) mass is 445 g/mol. The number of hydrogen-bond acceptors (Lipinski definition) is 5. The Bertz CT molecular complexity index is 1060. The van der Waals surface area contributed by atoms with Crippen molar-refractivity contribution in [3.8, 4) is 5.75 Å². The first-order valence-corrected chi connectivity index (χ1v) is 9.89. The van der Waals surface area contributed by atoms with Gasteiger partial charge in [0.05, 0.1) is 12.3 Å². The van der Waals surface area contributed by atoms with Crippen molar-refractivity contribution < 1.29 is 18.7 Å². The molecule has 0 saturated heterocycles. The second-order valence-electron chi connectivity index (χ2n) is 6.75. The molecule has 0 fully saturated rings. The minimum Gasteiger partial charge on any atom is -0.494 e. The van der Waals surface area contributed by atoms with Crippen LogP contribution in [0.25, 0.3) is 0 Å². The van der Waals surface area contributed by atoms with Gasteiger partial charge in [-0.1, -0.05) is 11.6 Å². The molecule has 0 aliphatic rings. The molecule has 3 rings (SSSR count). The third-order valence-electron chi connectivity index (χ3n) is 4.24. The molecule has 0 aliphatic carbocycles. The van der Waals surface area contributed by atoms with Crippen molar-refractivity contribution in [1.82, 2.24) is 14.8 Å². The largest absolute Gasteiger partial charge is 0.494 e. The second-order valence-corrected chi connectivity index (χ2v) is 7.15. The summed E-state index contributed by atoms with van der Waals surface area (Å²) >= 11 is 5.98. The number of halogens is 2. The van der Waals surface area contributed by atoms with Gasteiger partial charge in [0.25, 0.3) is 0 Å². The maximum atomic E-state index is 14.0. The molecule has 162 valence electrons. The van der Waals surface area contributed by atoms with Crippen molar-refractivity contribution in [2.75, 3.05) is 17.2 Å². The van der Waals surface area contributed by atoms with E-state index in [1.54, 1.807) is 12.1 Å². The van der Waals surface area contributed by atoms with Gasteiger partial charge in [0.1, 0.15) is 30.8 Å². The summed E-state index contributed by atoms with van der Waals surface area (Å²) in [6, 6.07) is 9.32. The van der Waals surface area contributed by atoms with Crippen LogP contribution in [0.2, 0.25) is 5.02 Å². The van der Waals surface area contributed by atoms with Crippen LogP contribution in [-0.2, 0) is 16.1 Å². The molecule has 2 amide bonds. The fourth-order valence-electron chi connectivity index (χ4n) is 2.70. The summed E-state index contributed by atoms with van der Waals surface area (Å²) in [6.45, 7) is 2.14. The summed E-state index contributed by atoms with van der Waals surface area (Å²) < 4.78 is 21.0. The summed E-state index contributed by atoms with van der Waals surface area (Å²) in [6.07, 6.45) is 3.39. The molecule has 0 unspecified atom stereocenters. The average molecular weight is 446 g/mol. The molecule has 0 saturated carbocycles.